The molecule has 1 aliphatic carbocycles. The van der Waals surface area contributed by atoms with Crippen LogP contribution in [0.5, 0.6) is 0 Å². The zero-order valence-electron chi connectivity index (χ0n) is 14.9. The quantitative estimate of drug-likeness (QED) is 0.724. The maximum Gasteiger partial charge on any atom is 0.148 e. The van der Waals surface area contributed by atoms with Crippen LogP contribution in [0.15, 0.2) is 35.1 Å². The number of carbonyl (C=O) groups is 1. The topological polar surface area (TPSA) is 29.5 Å². The molecule has 1 unspecified atom stereocenters. The molecule has 2 aliphatic heterocycles. The number of likely N-dealkylation sites (tertiary alicyclic amines) is 1. The molecule has 0 aromatic rings. The summed E-state index contributed by atoms with van der Waals surface area (Å²) in [5.41, 5.74) is 3.80. The van der Waals surface area contributed by atoms with Gasteiger partial charge in [0, 0.05) is 17.5 Å². The molecule has 0 spiro atoms. The van der Waals surface area contributed by atoms with Crippen molar-refractivity contribution in [3.05, 3.63) is 35.1 Å². The minimum Gasteiger partial charge on any atom is -0.496 e. The molecule has 23 heavy (non-hydrogen) atoms. The molecular weight excluding hydrogens is 286 g/mol. The van der Waals surface area contributed by atoms with E-state index in [0.717, 1.165) is 18.7 Å². The lowest BCUT2D eigenvalue weighted by molar-refractivity contribution is -0.120. The first-order chi connectivity index (χ1) is 10.9. The van der Waals surface area contributed by atoms with Crippen molar-refractivity contribution in [2.75, 3.05) is 19.7 Å². The highest BCUT2D eigenvalue weighted by atomic mass is 16.5. The van der Waals surface area contributed by atoms with Crippen molar-refractivity contribution in [1.29, 1.82) is 0 Å². The van der Waals surface area contributed by atoms with Gasteiger partial charge in [-0.3, -0.25) is 9.69 Å². The Morgan fingerprint density at radius 3 is 2.57 bits per heavy atom. The van der Waals surface area contributed by atoms with Gasteiger partial charge in [-0.15, -0.1) is 0 Å². The fraction of sp³-hybridized carbons (Fsp3) is 0.650. The molecule has 126 valence electrons. The summed E-state index contributed by atoms with van der Waals surface area (Å²) in [5, 5.41) is 0. The molecule has 3 aliphatic rings. The molecule has 1 saturated heterocycles. The van der Waals surface area contributed by atoms with E-state index in [-0.39, 0.29) is 11.5 Å². The summed E-state index contributed by atoms with van der Waals surface area (Å²) >= 11 is 0. The number of nitrogens with zero attached hydrogens (tertiary/aromatic N) is 1. The van der Waals surface area contributed by atoms with Crippen LogP contribution in [-0.4, -0.2) is 35.9 Å². The molecule has 3 heteroatoms. The van der Waals surface area contributed by atoms with Crippen molar-refractivity contribution in [3.8, 4) is 0 Å². The third kappa shape index (κ3) is 3.45. The van der Waals surface area contributed by atoms with Crippen molar-refractivity contribution in [1.82, 2.24) is 4.90 Å². The molecule has 0 radical (unpaired) electrons. The van der Waals surface area contributed by atoms with Gasteiger partial charge in [-0.05, 0) is 65.1 Å². The van der Waals surface area contributed by atoms with E-state index >= 15 is 0 Å². The molecule has 0 bridgehead atoms. The van der Waals surface area contributed by atoms with Gasteiger partial charge in [-0.1, -0.05) is 17.7 Å². The van der Waals surface area contributed by atoms with Gasteiger partial charge < -0.3 is 4.74 Å². The van der Waals surface area contributed by atoms with Crippen LogP contribution in [0.4, 0.5) is 0 Å². The molecule has 0 amide bonds. The van der Waals surface area contributed by atoms with Gasteiger partial charge in [-0.2, -0.15) is 0 Å². The smallest absolute Gasteiger partial charge is 0.148 e. The number of hydrogen-bond acceptors (Lipinski definition) is 3. The van der Waals surface area contributed by atoms with E-state index in [0.29, 0.717) is 24.7 Å². The first kappa shape index (κ1) is 16.5. The number of ether oxygens (including phenoxy) is 1. The molecule has 2 heterocycles. The fourth-order valence-electron chi connectivity index (χ4n) is 3.91. The van der Waals surface area contributed by atoms with Crippen LogP contribution < -0.4 is 0 Å². The van der Waals surface area contributed by atoms with Crippen LogP contribution in [0, 0.1) is 11.8 Å². The Hall–Kier alpha value is -1.35. The average Bonchev–Trinajstić information content (AvgIpc) is 2.95. The number of hydrogen-bond donors (Lipinski definition) is 0. The number of rotatable bonds is 2. The first-order valence-corrected chi connectivity index (χ1v) is 8.83. The molecule has 3 rings (SSSR count). The van der Waals surface area contributed by atoms with Gasteiger partial charge in [0.05, 0.1) is 12.2 Å². The van der Waals surface area contributed by atoms with Gasteiger partial charge in [-0.25, -0.2) is 0 Å². The molecule has 1 fully saturated rings. The number of allylic oxidation sites excluding steroid dienone is 3. The van der Waals surface area contributed by atoms with Gasteiger partial charge in [0.25, 0.3) is 0 Å². The third-order valence-electron chi connectivity index (χ3n) is 5.56. The van der Waals surface area contributed by atoms with Crippen LogP contribution in [0.25, 0.3) is 0 Å². The molecule has 1 atom stereocenters. The summed E-state index contributed by atoms with van der Waals surface area (Å²) in [6.07, 6.45) is 9.15. The number of ketones is 1. The van der Waals surface area contributed by atoms with Crippen LogP contribution in [-0.2, 0) is 9.53 Å². The van der Waals surface area contributed by atoms with E-state index < -0.39 is 0 Å². The standard InChI is InChI=1S/C20H29NO2/c1-14-17(19(22)11-16-12-23-13-18(14)16)6-5-15-7-9-21(10-8-15)20(2,3)4/h5-6,12,15,17H,7-11,13H2,1-4H3/b6-5+. The highest BCUT2D eigenvalue weighted by Crippen LogP contribution is 2.36. The van der Waals surface area contributed by atoms with Crippen LogP contribution >= 0.6 is 0 Å². The second-order valence-corrected chi connectivity index (χ2v) is 8.12. The molecule has 0 N–H and O–H groups in total. The number of carbonyl (C=O) groups excluding carboxylic acids is 1. The highest BCUT2D eigenvalue weighted by molar-refractivity contribution is 5.91. The van der Waals surface area contributed by atoms with Crippen molar-refractivity contribution >= 4 is 5.78 Å². The monoisotopic (exact) mass is 315 g/mol. The van der Waals surface area contributed by atoms with Gasteiger partial charge in [0.15, 0.2) is 0 Å². The second-order valence-electron chi connectivity index (χ2n) is 8.12. The zero-order chi connectivity index (χ0) is 16.6. The third-order valence-corrected chi connectivity index (χ3v) is 5.56. The van der Waals surface area contributed by atoms with Gasteiger partial charge in [0.2, 0.25) is 0 Å². The summed E-state index contributed by atoms with van der Waals surface area (Å²) in [5.74, 6) is 0.881. The number of fused-ring (bicyclic) bond motifs is 1. The van der Waals surface area contributed by atoms with E-state index in [4.69, 9.17) is 4.74 Å². The lowest BCUT2D eigenvalue weighted by Gasteiger charge is -2.40. The lowest BCUT2D eigenvalue weighted by atomic mass is 9.80. The Labute approximate surface area is 140 Å². The lowest BCUT2D eigenvalue weighted by Crippen LogP contribution is -2.45. The van der Waals surface area contributed by atoms with E-state index in [2.05, 4.69) is 44.7 Å². The maximum absolute atomic E-state index is 12.4. The van der Waals surface area contributed by atoms with Crippen molar-refractivity contribution in [2.24, 2.45) is 11.8 Å². The van der Waals surface area contributed by atoms with Crippen LogP contribution in [0.2, 0.25) is 0 Å². The number of Topliss-reactive ketones (excluding diaryl/α,β-unsaturated/α-hetero) is 1. The Balaban J connectivity index is 1.64. The number of piperidine rings is 1. The largest absolute Gasteiger partial charge is 0.496 e. The normalized spacial score (nSPS) is 27.4. The van der Waals surface area contributed by atoms with Crippen molar-refractivity contribution in [3.63, 3.8) is 0 Å². The Morgan fingerprint density at radius 1 is 1.22 bits per heavy atom. The predicted octanol–water partition coefficient (Wildman–Crippen LogP) is 3.87. The Kier molecular flexibility index (Phi) is 4.50. The van der Waals surface area contributed by atoms with Crippen LogP contribution in [0.1, 0.15) is 47.0 Å². The van der Waals surface area contributed by atoms with Gasteiger partial charge in [0.1, 0.15) is 12.4 Å². The van der Waals surface area contributed by atoms with E-state index in [1.165, 1.54) is 24.0 Å². The summed E-state index contributed by atoms with van der Waals surface area (Å²) in [7, 11) is 0. The maximum atomic E-state index is 12.4. The SMILES string of the molecule is CC1=C2COC=C2CC(=O)C1/C=C/C1CCN(C(C)(C)C)CC1. The molecular formula is C20H29NO2. The minimum atomic E-state index is -0.0375. The van der Waals surface area contributed by atoms with Crippen molar-refractivity contribution in [2.45, 2.75) is 52.5 Å². The minimum absolute atomic E-state index is 0.0375. The fourth-order valence-corrected chi connectivity index (χ4v) is 3.91. The van der Waals surface area contributed by atoms with Gasteiger partial charge >= 0.3 is 0 Å². The highest BCUT2D eigenvalue weighted by Gasteiger charge is 2.31. The van der Waals surface area contributed by atoms with E-state index in [1.807, 2.05) is 0 Å². The molecule has 0 aromatic carbocycles. The first-order valence-electron chi connectivity index (χ1n) is 8.83. The molecule has 0 saturated carbocycles. The average molecular weight is 315 g/mol. The Bertz CT molecular complexity index is 569. The summed E-state index contributed by atoms with van der Waals surface area (Å²) in [6, 6.07) is 0. The predicted molar refractivity (Wildman–Crippen MR) is 93.0 cm³/mol. The zero-order valence-corrected chi connectivity index (χ0v) is 14.9. The molecule has 3 nitrogen and oxygen atoms in total. The van der Waals surface area contributed by atoms with E-state index in [1.54, 1.807) is 6.26 Å². The summed E-state index contributed by atoms with van der Waals surface area (Å²) < 4.78 is 5.39. The van der Waals surface area contributed by atoms with E-state index in [9.17, 15) is 4.79 Å². The molecule has 0 aromatic heterocycles. The van der Waals surface area contributed by atoms with Crippen molar-refractivity contribution < 1.29 is 9.53 Å². The second kappa shape index (κ2) is 6.27. The van der Waals surface area contributed by atoms with Crippen LogP contribution in [0.3, 0.4) is 0 Å². The summed E-state index contributed by atoms with van der Waals surface area (Å²) in [4.78, 5) is 15.0. The summed E-state index contributed by atoms with van der Waals surface area (Å²) in [6.45, 7) is 11.9. The Morgan fingerprint density at radius 2 is 1.91 bits per heavy atom.